The van der Waals surface area contributed by atoms with Crippen LogP contribution in [0.2, 0.25) is 0 Å². The Balaban J connectivity index is 1.66. The van der Waals surface area contributed by atoms with Crippen LogP contribution in [0.4, 0.5) is 11.6 Å². The van der Waals surface area contributed by atoms with E-state index >= 15 is 0 Å². The van der Waals surface area contributed by atoms with Crippen LogP contribution in [0.25, 0.3) is 27.9 Å². The van der Waals surface area contributed by atoms with Gasteiger partial charge in [-0.15, -0.1) is 10.2 Å². The van der Waals surface area contributed by atoms with Crippen molar-refractivity contribution in [1.29, 1.82) is 0 Å². The molecule has 0 spiro atoms. The van der Waals surface area contributed by atoms with Crippen molar-refractivity contribution >= 4 is 34.2 Å². The van der Waals surface area contributed by atoms with Crippen LogP contribution in [-0.4, -0.2) is 50.2 Å². The summed E-state index contributed by atoms with van der Waals surface area (Å²) in [5.41, 5.74) is 2.11. The van der Waals surface area contributed by atoms with E-state index < -0.39 is 4.92 Å². The molecular weight excluding hydrogens is 424 g/mol. The summed E-state index contributed by atoms with van der Waals surface area (Å²) in [6, 6.07) is 13.9. The van der Waals surface area contributed by atoms with Gasteiger partial charge in [0.1, 0.15) is 0 Å². The molecule has 33 heavy (non-hydrogen) atoms. The first-order chi connectivity index (χ1) is 16.1. The van der Waals surface area contributed by atoms with E-state index in [9.17, 15) is 14.9 Å². The van der Waals surface area contributed by atoms with Crippen LogP contribution in [-0.2, 0) is 9.53 Å². The normalized spacial score (nSPS) is 16.3. The standard InChI is InChI=1S/C23H22N6O4/c1-2-33-22(30)16-6-5-13-27(14-16)23-24-19-8-4-3-7-18(19)21-26-25-20(28(21)23)15-9-11-17(12-10-15)29(31)32/h3-4,7-12,16H,2,5-6,13-14H2,1H3/t16-/m0/s1. The molecule has 168 valence electrons. The number of non-ortho nitro benzene ring substituents is 1. The molecule has 0 aliphatic carbocycles. The molecule has 10 heteroatoms. The first kappa shape index (κ1) is 20.8. The van der Waals surface area contributed by atoms with E-state index in [1.165, 1.54) is 12.1 Å². The summed E-state index contributed by atoms with van der Waals surface area (Å²) in [4.78, 5) is 30.0. The van der Waals surface area contributed by atoms with E-state index in [4.69, 9.17) is 9.72 Å². The molecule has 1 atom stereocenters. The molecule has 0 unspecified atom stereocenters. The maximum absolute atomic E-state index is 12.4. The predicted molar refractivity (Wildman–Crippen MR) is 122 cm³/mol. The van der Waals surface area contributed by atoms with Crippen molar-refractivity contribution in [2.75, 3.05) is 24.6 Å². The van der Waals surface area contributed by atoms with Crippen molar-refractivity contribution in [1.82, 2.24) is 19.6 Å². The fourth-order valence-corrected chi connectivity index (χ4v) is 4.31. The fraction of sp³-hybridized carbons (Fsp3) is 0.304. The number of esters is 1. The van der Waals surface area contributed by atoms with Crippen LogP contribution in [0.5, 0.6) is 0 Å². The van der Waals surface area contributed by atoms with E-state index in [1.807, 2.05) is 28.7 Å². The van der Waals surface area contributed by atoms with Crippen LogP contribution in [0.15, 0.2) is 48.5 Å². The van der Waals surface area contributed by atoms with E-state index in [-0.39, 0.29) is 17.6 Å². The largest absolute Gasteiger partial charge is 0.466 e. The lowest BCUT2D eigenvalue weighted by atomic mass is 9.98. The van der Waals surface area contributed by atoms with Gasteiger partial charge in [-0.3, -0.25) is 14.9 Å². The number of hydrogen-bond donors (Lipinski definition) is 0. The van der Waals surface area contributed by atoms with Gasteiger partial charge >= 0.3 is 5.97 Å². The first-order valence-corrected chi connectivity index (χ1v) is 10.9. The average molecular weight is 446 g/mol. The lowest BCUT2D eigenvalue weighted by Crippen LogP contribution is -2.40. The third kappa shape index (κ3) is 3.73. The Hall–Kier alpha value is -4.08. The number of para-hydroxylation sites is 1. The molecule has 2 aromatic heterocycles. The Labute approximate surface area is 189 Å². The molecule has 2 aromatic carbocycles. The Morgan fingerprint density at radius 1 is 1.18 bits per heavy atom. The van der Waals surface area contributed by atoms with Crippen molar-refractivity contribution in [2.45, 2.75) is 19.8 Å². The average Bonchev–Trinajstić information content (AvgIpc) is 3.29. The zero-order chi connectivity index (χ0) is 22.9. The molecule has 1 saturated heterocycles. The van der Waals surface area contributed by atoms with E-state index in [1.54, 1.807) is 19.1 Å². The second kappa shape index (κ2) is 8.45. The fourth-order valence-electron chi connectivity index (χ4n) is 4.31. The Morgan fingerprint density at radius 3 is 2.73 bits per heavy atom. The number of rotatable bonds is 5. The van der Waals surface area contributed by atoms with Crippen molar-refractivity contribution in [3.05, 3.63) is 58.6 Å². The summed E-state index contributed by atoms with van der Waals surface area (Å²) in [7, 11) is 0. The molecule has 4 aromatic rings. The van der Waals surface area contributed by atoms with Crippen molar-refractivity contribution in [3.63, 3.8) is 0 Å². The van der Waals surface area contributed by atoms with Gasteiger partial charge in [-0.05, 0) is 44.0 Å². The second-order valence-corrected chi connectivity index (χ2v) is 7.95. The molecule has 0 bridgehead atoms. The van der Waals surface area contributed by atoms with Gasteiger partial charge < -0.3 is 9.64 Å². The minimum Gasteiger partial charge on any atom is -0.466 e. The summed E-state index contributed by atoms with van der Waals surface area (Å²) in [6.07, 6.45) is 1.60. The Morgan fingerprint density at radius 2 is 1.97 bits per heavy atom. The van der Waals surface area contributed by atoms with Crippen LogP contribution in [0.1, 0.15) is 19.8 Å². The minimum absolute atomic E-state index is 0.00433. The zero-order valence-electron chi connectivity index (χ0n) is 18.0. The third-order valence-electron chi connectivity index (χ3n) is 5.89. The number of fused-ring (bicyclic) bond motifs is 3. The van der Waals surface area contributed by atoms with Crippen LogP contribution < -0.4 is 4.90 Å². The van der Waals surface area contributed by atoms with E-state index in [0.29, 0.717) is 36.1 Å². The summed E-state index contributed by atoms with van der Waals surface area (Å²) in [6.45, 7) is 3.37. The zero-order valence-corrected chi connectivity index (χ0v) is 18.0. The maximum Gasteiger partial charge on any atom is 0.310 e. The molecule has 1 aliphatic heterocycles. The number of ether oxygens (including phenoxy) is 1. The monoisotopic (exact) mass is 446 g/mol. The smallest absolute Gasteiger partial charge is 0.310 e. The Bertz CT molecular complexity index is 1350. The van der Waals surface area contributed by atoms with Crippen LogP contribution >= 0.6 is 0 Å². The SMILES string of the molecule is CCOC(=O)[C@H]1CCCN(c2nc3ccccc3c3nnc(-c4ccc([N+](=O)[O-])cc4)n23)C1. The molecule has 1 fully saturated rings. The van der Waals surface area contributed by atoms with Crippen molar-refractivity contribution in [3.8, 4) is 11.4 Å². The summed E-state index contributed by atoms with van der Waals surface area (Å²) in [5.74, 6) is 0.738. The second-order valence-electron chi connectivity index (χ2n) is 7.95. The third-order valence-corrected chi connectivity index (χ3v) is 5.89. The summed E-state index contributed by atoms with van der Waals surface area (Å²) < 4.78 is 7.13. The van der Waals surface area contributed by atoms with Crippen molar-refractivity contribution < 1.29 is 14.5 Å². The number of anilines is 1. The van der Waals surface area contributed by atoms with Gasteiger partial charge in [0.05, 0.1) is 23.0 Å². The molecule has 5 rings (SSSR count). The number of benzene rings is 2. The molecule has 0 saturated carbocycles. The molecular formula is C23H22N6O4. The van der Waals surface area contributed by atoms with E-state index in [0.717, 1.165) is 30.3 Å². The molecule has 0 amide bonds. The number of carbonyl (C=O) groups is 1. The predicted octanol–water partition coefficient (Wildman–Crippen LogP) is 3.63. The highest BCUT2D eigenvalue weighted by Crippen LogP contribution is 2.31. The molecule has 1 aliphatic rings. The topological polar surface area (TPSA) is 116 Å². The number of nitrogens with zero attached hydrogens (tertiary/aromatic N) is 6. The number of piperidine rings is 1. The van der Waals surface area contributed by atoms with Gasteiger partial charge in [0, 0.05) is 36.2 Å². The first-order valence-electron chi connectivity index (χ1n) is 10.9. The van der Waals surface area contributed by atoms with Crippen molar-refractivity contribution in [2.24, 2.45) is 5.92 Å². The number of carbonyl (C=O) groups excluding carboxylic acids is 1. The van der Waals surface area contributed by atoms with Crippen LogP contribution in [0.3, 0.4) is 0 Å². The van der Waals surface area contributed by atoms with Gasteiger partial charge in [-0.2, -0.15) is 0 Å². The Kier molecular flexibility index (Phi) is 5.33. The van der Waals surface area contributed by atoms with E-state index in [2.05, 4.69) is 15.1 Å². The minimum atomic E-state index is -0.435. The highest BCUT2D eigenvalue weighted by Gasteiger charge is 2.30. The summed E-state index contributed by atoms with van der Waals surface area (Å²) in [5, 5.41) is 20.8. The molecule has 10 nitrogen and oxygen atoms in total. The lowest BCUT2D eigenvalue weighted by molar-refractivity contribution is -0.384. The quantitative estimate of drug-likeness (QED) is 0.259. The lowest BCUT2D eigenvalue weighted by Gasteiger charge is -2.32. The number of aromatic nitrogens is 4. The van der Waals surface area contributed by atoms with Gasteiger partial charge in [0.15, 0.2) is 11.5 Å². The number of nitro benzene ring substituents is 1. The number of nitro groups is 1. The molecule has 3 heterocycles. The maximum atomic E-state index is 12.4. The highest BCUT2D eigenvalue weighted by atomic mass is 16.6. The molecule has 0 N–H and O–H groups in total. The van der Waals surface area contributed by atoms with Gasteiger partial charge in [-0.25, -0.2) is 9.38 Å². The highest BCUT2D eigenvalue weighted by molar-refractivity contribution is 5.93. The van der Waals surface area contributed by atoms with Gasteiger partial charge in [0.25, 0.3) is 5.69 Å². The number of hydrogen-bond acceptors (Lipinski definition) is 8. The van der Waals surface area contributed by atoms with Gasteiger partial charge in [-0.1, -0.05) is 12.1 Å². The molecule has 0 radical (unpaired) electrons. The summed E-state index contributed by atoms with van der Waals surface area (Å²) >= 11 is 0. The van der Waals surface area contributed by atoms with Crippen LogP contribution in [0, 0.1) is 16.0 Å². The van der Waals surface area contributed by atoms with Gasteiger partial charge in [0.2, 0.25) is 5.95 Å².